The van der Waals surface area contributed by atoms with Crippen LogP contribution in [0.3, 0.4) is 0 Å². The number of aromatic amines is 1. The van der Waals surface area contributed by atoms with Gasteiger partial charge in [-0.1, -0.05) is 48.5 Å². The third kappa shape index (κ3) is 18.1. The number of hydrogen-bond donors (Lipinski definition) is 12. The predicted molar refractivity (Wildman–Crippen MR) is 310 cm³/mol. The average Bonchev–Trinajstić information content (AvgIpc) is 4.12. The summed E-state index contributed by atoms with van der Waals surface area (Å²) in [6.07, 6.45) is 2.97. The van der Waals surface area contributed by atoms with Crippen molar-refractivity contribution in [2.24, 2.45) is 4.99 Å². The first-order valence-corrected chi connectivity index (χ1v) is 29.0. The van der Waals surface area contributed by atoms with Gasteiger partial charge in [-0.25, -0.2) is 14.8 Å². The maximum atomic E-state index is 14.7. The Morgan fingerprint density at radius 2 is 1.32 bits per heavy atom. The fourth-order valence-corrected chi connectivity index (χ4v) is 11.6. The van der Waals surface area contributed by atoms with Crippen LogP contribution in [0, 0.1) is 0 Å². The minimum atomic E-state index is -1.59. The number of hydrogen-bond acceptors (Lipinski definition) is 17. The van der Waals surface area contributed by atoms with Gasteiger partial charge in [0.1, 0.15) is 46.9 Å². The van der Waals surface area contributed by atoms with Crippen LogP contribution in [0.5, 0.6) is 0 Å². The monoisotopic (exact) mass is 1150 g/mol. The first-order valence-electron chi connectivity index (χ1n) is 27.2. The molecule has 0 saturated heterocycles. The number of fused-ring (bicyclic) bond motifs is 4. The molecule has 23 nitrogen and oxygen atoms in total. The lowest BCUT2D eigenvalue weighted by atomic mass is 9.98. The highest BCUT2D eigenvalue weighted by Crippen LogP contribution is 2.44. The number of carbonyl (C=O) groups excluding carboxylic acids is 7. The highest BCUT2D eigenvalue weighted by atomic mass is 32.2. The molecule has 0 spiro atoms. The van der Waals surface area contributed by atoms with Gasteiger partial charge >= 0.3 is 6.09 Å². The molecule has 3 aromatic carbocycles. The third-order valence-electron chi connectivity index (χ3n) is 13.8. The molecule has 0 radical (unpaired) electrons. The van der Waals surface area contributed by atoms with E-state index in [1.165, 1.54) is 49.5 Å². The maximum absolute atomic E-state index is 14.7. The van der Waals surface area contributed by atoms with E-state index in [1.807, 2.05) is 62.5 Å². The normalized spacial score (nSPS) is 15.5. The Bertz CT molecular complexity index is 2950. The van der Waals surface area contributed by atoms with Crippen LogP contribution in [0.25, 0.3) is 21.3 Å². The smallest absolute Gasteiger partial charge is 0.407 e. The Morgan fingerprint density at radius 3 is 1.91 bits per heavy atom. The number of nitrogens with zero attached hydrogens (tertiary/aromatic N) is 3. The number of alkyl carbamates (subject to hydrolysis) is 1. The minimum Gasteiger partial charge on any atom is -0.449 e. The molecule has 0 fully saturated rings. The van der Waals surface area contributed by atoms with Crippen LogP contribution in [-0.2, 0) is 39.9 Å². The van der Waals surface area contributed by atoms with E-state index in [1.54, 1.807) is 18.2 Å². The van der Waals surface area contributed by atoms with Crippen LogP contribution in [0.1, 0.15) is 99.9 Å². The first-order chi connectivity index (χ1) is 39.1. The summed E-state index contributed by atoms with van der Waals surface area (Å²) in [5, 5.41) is 46.6. The number of unbranched alkanes of at least 4 members (excludes halogenated alkanes) is 2. The maximum Gasteiger partial charge on any atom is 0.407 e. The van der Waals surface area contributed by atoms with Crippen molar-refractivity contribution in [1.82, 2.24) is 57.5 Å². The molecule has 1 unspecified atom stereocenters. The molecule has 2 aliphatic rings. The van der Waals surface area contributed by atoms with Gasteiger partial charge in [0.2, 0.25) is 35.4 Å². The van der Waals surface area contributed by atoms with Crippen molar-refractivity contribution >= 4 is 85.6 Å². The molecule has 2 aromatic heterocycles. The van der Waals surface area contributed by atoms with E-state index < -0.39 is 66.2 Å². The summed E-state index contributed by atoms with van der Waals surface area (Å²) in [5.74, 6) is -2.91. The van der Waals surface area contributed by atoms with Crippen LogP contribution in [0.15, 0.2) is 84.2 Å². The van der Waals surface area contributed by atoms with Gasteiger partial charge < -0.3 is 67.8 Å². The van der Waals surface area contributed by atoms with Gasteiger partial charge in [0.25, 0.3) is 0 Å². The average molecular weight is 1150 g/mol. The molecule has 7 rings (SSSR count). The Morgan fingerprint density at radius 1 is 0.728 bits per heavy atom. The number of rotatable bonds is 31. The number of aliphatic hydroxyl groups excluding tert-OH is 1. The van der Waals surface area contributed by atoms with Crippen LogP contribution < -0.4 is 47.9 Å². The highest BCUT2D eigenvalue weighted by Gasteiger charge is 2.34. The summed E-state index contributed by atoms with van der Waals surface area (Å²) in [6.45, 7) is 5.88. The van der Waals surface area contributed by atoms with Crippen LogP contribution in [0.4, 0.5) is 10.5 Å². The number of amides is 7. The van der Waals surface area contributed by atoms with E-state index in [0.717, 1.165) is 27.0 Å². The molecule has 1 aliphatic heterocycles. The zero-order valence-corrected chi connectivity index (χ0v) is 47.5. The van der Waals surface area contributed by atoms with Crippen molar-refractivity contribution in [3.8, 4) is 11.1 Å². The molecule has 6 atom stereocenters. The minimum absolute atomic E-state index is 0.00876. The molecule has 81 heavy (non-hydrogen) atoms. The second-order valence-corrected chi connectivity index (χ2v) is 22.0. The van der Waals surface area contributed by atoms with Crippen molar-refractivity contribution in [3.63, 3.8) is 0 Å². The molecule has 7 amide bonds. The van der Waals surface area contributed by atoms with Gasteiger partial charge in [-0.2, -0.15) is 0 Å². The fourth-order valence-electron chi connectivity index (χ4n) is 9.42. The Kier molecular flexibility index (Phi) is 23.1. The lowest BCUT2D eigenvalue weighted by Crippen LogP contribution is -2.58. The number of thioether (sulfide) groups is 1. The molecule has 25 heteroatoms. The molecule has 0 bridgehead atoms. The molecule has 1 aliphatic carbocycles. The van der Waals surface area contributed by atoms with Crippen LogP contribution in [-0.4, -0.2) is 153 Å². The summed E-state index contributed by atoms with van der Waals surface area (Å²) >= 11 is 2.70. The number of benzene rings is 3. The SMILES string of the molecule is CNC(C)NCCC[C@H](NC(=O)OCC1c2ccccc2-c2ccccc21)C(=O)N[C@@H](Cc1cnc[nH]1)C(=O)N[C@@H](CCCCNC(C)=O)C(=O)N[C@@H](CCCCNC(C)=O)C(=O)Nc1ccc2nc(C3=N[C@@H](C(O)O)CS3)sc2c1. The number of carbonyl (C=O) groups is 7. The number of aliphatic hydroxyl groups is 2. The number of ether oxygens (including phenoxy) is 1. The van der Waals surface area contributed by atoms with Crippen molar-refractivity contribution < 1.29 is 48.5 Å². The summed E-state index contributed by atoms with van der Waals surface area (Å²) in [5.41, 5.74) is 5.71. The Hall–Kier alpha value is -7.29. The Labute approximate surface area is 478 Å². The zero-order chi connectivity index (χ0) is 57.8. The summed E-state index contributed by atoms with van der Waals surface area (Å²) in [7, 11) is 1.81. The van der Waals surface area contributed by atoms with Crippen LogP contribution in [0.2, 0.25) is 0 Å². The number of nitrogens with one attached hydrogen (secondary N) is 10. The van der Waals surface area contributed by atoms with Gasteiger partial charge in [-0.15, -0.1) is 23.1 Å². The number of aliphatic imine (C=N–C) groups is 1. The number of imidazole rings is 1. The summed E-state index contributed by atoms with van der Waals surface area (Å²) in [4.78, 5) is 111. The standard InChI is InChI=1S/C56H73N13O10S2/c1-32(57-4)59-25-13-20-45(69-56(78)79-29-41-39-16-7-5-14-37(39)38-15-6-8-17-40(38)41)51(74)66-46(26-36-28-58-31-62-36)52(75)65-44(19-10-12-24-61-34(3)71)50(73)64-43(18-9-11-23-60-33(2)70)49(72)63-35-21-22-42-48(27-35)81-54(67-42)53-68-47(30-80-53)55(76)77/h5-8,14-17,21-22,27-28,31-32,41,43-47,55,57,59,76-77H,9-13,18-20,23-26,29-30H2,1-4H3,(H,58,62)(H,60,70)(H,61,71)(H,63,72)(H,64,73)(H,65,75)(H,66,74)(H,69,78)/t32?,43-,44-,45-,46-,47+/m0/s1. The van der Waals surface area contributed by atoms with Crippen molar-refractivity contribution in [2.45, 2.75) is 127 Å². The molecule has 0 saturated carbocycles. The van der Waals surface area contributed by atoms with Gasteiger partial charge in [0, 0.05) is 62.6 Å². The van der Waals surface area contributed by atoms with E-state index in [0.29, 0.717) is 84.4 Å². The van der Waals surface area contributed by atoms with Gasteiger partial charge in [0.05, 0.1) is 22.7 Å². The molecule has 12 N–H and O–H groups in total. The largest absolute Gasteiger partial charge is 0.449 e. The van der Waals surface area contributed by atoms with Gasteiger partial charge in [0.15, 0.2) is 6.29 Å². The molecule has 5 aromatic rings. The zero-order valence-electron chi connectivity index (χ0n) is 45.8. The molecule has 3 heterocycles. The van der Waals surface area contributed by atoms with Crippen molar-refractivity contribution in [1.29, 1.82) is 0 Å². The fraction of sp³-hybridized carbons (Fsp3) is 0.464. The topological polar surface area (TPSA) is 331 Å². The number of aromatic nitrogens is 3. The third-order valence-corrected chi connectivity index (χ3v) is 16.1. The van der Waals surface area contributed by atoms with Crippen molar-refractivity contribution in [2.75, 3.05) is 44.4 Å². The van der Waals surface area contributed by atoms with Gasteiger partial charge in [-0.05, 0) is 112 Å². The predicted octanol–water partition coefficient (Wildman–Crippen LogP) is 3.28. The number of thiazole rings is 1. The first kappa shape index (κ1) is 61.3. The molecule has 434 valence electrons. The second kappa shape index (κ2) is 30.5. The molecular formula is C56H73N13O10S2. The van der Waals surface area contributed by atoms with E-state index >= 15 is 0 Å². The quantitative estimate of drug-likeness (QED) is 0.0224. The molecular weight excluding hydrogens is 1080 g/mol. The van der Waals surface area contributed by atoms with Crippen molar-refractivity contribution in [3.05, 3.63) is 101 Å². The van der Waals surface area contributed by atoms with E-state index in [2.05, 4.69) is 67.8 Å². The van der Waals surface area contributed by atoms with Gasteiger partial charge in [-0.3, -0.25) is 33.8 Å². The number of H-pyrrole nitrogens is 1. The van der Waals surface area contributed by atoms with E-state index in [9.17, 15) is 43.8 Å². The van der Waals surface area contributed by atoms with Crippen LogP contribution >= 0.6 is 23.1 Å². The summed E-state index contributed by atoms with van der Waals surface area (Å²) < 4.78 is 6.58. The lowest BCUT2D eigenvalue weighted by Gasteiger charge is -2.27. The highest BCUT2D eigenvalue weighted by molar-refractivity contribution is 8.15. The Balaban J connectivity index is 1.08. The number of anilines is 1. The summed E-state index contributed by atoms with van der Waals surface area (Å²) in [6, 6.07) is 15.6. The lowest BCUT2D eigenvalue weighted by molar-refractivity contribution is -0.133. The van der Waals surface area contributed by atoms with E-state index in [-0.39, 0.29) is 56.2 Å². The second-order valence-electron chi connectivity index (χ2n) is 20.0. The van der Waals surface area contributed by atoms with E-state index in [4.69, 9.17) is 4.74 Å².